The second-order valence-electron chi connectivity index (χ2n) is 10.0. The molecule has 0 radical (unpaired) electrons. The van der Waals surface area contributed by atoms with Crippen LogP contribution in [0.1, 0.15) is 49.4 Å². The maximum atomic E-state index is 13.6. The number of hydrogen-bond acceptors (Lipinski definition) is 2. The standard InChI is InChI=1S/C30H34Cl2N2O2/c1-30(2,3)24-14-10-21(11-15-24)13-17-28(35)34(20-23-12-16-25(31)26(32)18-23)27(29(36)33-4)19-22-8-6-5-7-9-22/h5-12,14-16,18,27H,13,17,19-20H2,1-4H3,(H,33,36)/t27-/m1/s1. The molecule has 4 nitrogen and oxygen atoms in total. The van der Waals surface area contributed by atoms with E-state index < -0.39 is 6.04 Å². The maximum absolute atomic E-state index is 13.6. The lowest BCUT2D eigenvalue weighted by molar-refractivity contribution is -0.141. The van der Waals surface area contributed by atoms with Gasteiger partial charge in [-0.2, -0.15) is 0 Å². The lowest BCUT2D eigenvalue weighted by Gasteiger charge is -2.31. The Morgan fingerprint density at radius 3 is 2.08 bits per heavy atom. The highest BCUT2D eigenvalue weighted by molar-refractivity contribution is 6.42. The van der Waals surface area contributed by atoms with Gasteiger partial charge in [-0.1, -0.05) is 105 Å². The van der Waals surface area contributed by atoms with Crippen LogP contribution in [0.4, 0.5) is 0 Å². The summed E-state index contributed by atoms with van der Waals surface area (Å²) in [7, 11) is 1.60. The Morgan fingerprint density at radius 2 is 1.50 bits per heavy atom. The molecule has 0 saturated heterocycles. The first kappa shape index (κ1) is 27.8. The molecule has 0 saturated carbocycles. The second kappa shape index (κ2) is 12.4. The molecule has 0 unspecified atom stereocenters. The zero-order chi connectivity index (χ0) is 26.3. The molecule has 0 aliphatic carbocycles. The van der Waals surface area contributed by atoms with Crippen LogP contribution in [0.15, 0.2) is 72.8 Å². The fourth-order valence-electron chi connectivity index (χ4n) is 4.12. The van der Waals surface area contributed by atoms with E-state index in [0.29, 0.717) is 29.3 Å². The third-order valence-electron chi connectivity index (χ3n) is 6.30. The number of likely N-dealkylation sites (N-methyl/N-ethyl adjacent to an activating group) is 1. The van der Waals surface area contributed by atoms with Crippen molar-refractivity contribution in [1.29, 1.82) is 0 Å². The van der Waals surface area contributed by atoms with Crippen LogP contribution < -0.4 is 5.32 Å². The summed E-state index contributed by atoms with van der Waals surface area (Å²) >= 11 is 12.3. The quantitative estimate of drug-likeness (QED) is 0.342. The summed E-state index contributed by atoms with van der Waals surface area (Å²) in [6, 6.07) is 22.8. The van der Waals surface area contributed by atoms with Crippen LogP contribution in [0, 0.1) is 0 Å². The Bertz CT molecular complexity index is 1170. The Kier molecular flexibility index (Phi) is 9.58. The minimum absolute atomic E-state index is 0.0726. The summed E-state index contributed by atoms with van der Waals surface area (Å²) in [4.78, 5) is 28.3. The summed E-state index contributed by atoms with van der Waals surface area (Å²) in [6.45, 7) is 6.79. The SMILES string of the molecule is CNC(=O)[C@@H](Cc1ccccc1)N(Cc1ccc(Cl)c(Cl)c1)C(=O)CCc1ccc(C(C)(C)C)cc1. The Morgan fingerprint density at radius 1 is 0.861 bits per heavy atom. The lowest BCUT2D eigenvalue weighted by atomic mass is 9.86. The van der Waals surface area contributed by atoms with Crippen LogP contribution in [-0.4, -0.2) is 29.8 Å². The normalized spacial score (nSPS) is 12.2. The van der Waals surface area contributed by atoms with Gasteiger partial charge in [-0.25, -0.2) is 0 Å². The van der Waals surface area contributed by atoms with E-state index >= 15 is 0 Å². The van der Waals surface area contributed by atoms with Crippen LogP contribution in [0.25, 0.3) is 0 Å². The fraction of sp³-hybridized carbons (Fsp3) is 0.333. The van der Waals surface area contributed by atoms with Crippen molar-refractivity contribution >= 4 is 35.0 Å². The molecule has 0 aliphatic rings. The molecule has 0 aromatic heterocycles. The van der Waals surface area contributed by atoms with Gasteiger partial charge in [0.1, 0.15) is 6.04 Å². The van der Waals surface area contributed by atoms with Crippen LogP contribution in [-0.2, 0) is 34.4 Å². The predicted molar refractivity (Wildman–Crippen MR) is 148 cm³/mol. The van der Waals surface area contributed by atoms with Gasteiger partial charge in [0.25, 0.3) is 0 Å². The zero-order valence-corrected chi connectivity index (χ0v) is 22.9. The molecule has 0 heterocycles. The van der Waals surface area contributed by atoms with Gasteiger partial charge < -0.3 is 10.2 Å². The molecule has 0 spiro atoms. The summed E-state index contributed by atoms with van der Waals surface area (Å²) in [5.41, 5.74) is 4.21. The van der Waals surface area contributed by atoms with E-state index in [1.165, 1.54) is 5.56 Å². The number of carbonyl (C=O) groups is 2. The Labute approximate surface area is 224 Å². The average molecular weight is 526 g/mol. The van der Waals surface area contributed by atoms with Crippen molar-refractivity contribution in [2.75, 3.05) is 7.05 Å². The lowest BCUT2D eigenvalue weighted by Crippen LogP contribution is -2.49. The smallest absolute Gasteiger partial charge is 0.242 e. The average Bonchev–Trinajstić information content (AvgIpc) is 2.86. The molecule has 36 heavy (non-hydrogen) atoms. The number of nitrogens with one attached hydrogen (secondary N) is 1. The molecular weight excluding hydrogens is 491 g/mol. The van der Waals surface area contributed by atoms with Crippen molar-refractivity contribution in [2.45, 2.75) is 58.0 Å². The minimum Gasteiger partial charge on any atom is -0.357 e. The molecule has 3 aromatic rings. The number of hydrogen-bond donors (Lipinski definition) is 1. The summed E-state index contributed by atoms with van der Waals surface area (Å²) < 4.78 is 0. The van der Waals surface area contributed by atoms with E-state index in [0.717, 1.165) is 16.7 Å². The monoisotopic (exact) mass is 524 g/mol. The van der Waals surface area contributed by atoms with Gasteiger partial charge in [0, 0.05) is 26.4 Å². The zero-order valence-electron chi connectivity index (χ0n) is 21.4. The minimum atomic E-state index is -0.664. The first-order valence-electron chi connectivity index (χ1n) is 12.2. The van der Waals surface area contributed by atoms with Crippen LogP contribution >= 0.6 is 23.2 Å². The first-order chi connectivity index (χ1) is 17.1. The molecule has 3 aromatic carbocycles. The van der Waals surface area contributed by atoms with Gasteiger partial charge in [-0.05, 0) is 46.2 Å². The molecule has 2 amide bonds. The largest absolute Gasteiger partial charge is 0.357 e. The highest BCUT2D eigenvalue weighted by Gasteiger charge is 2.29. The van der Waals surface area contributed by atoms with E-state index in [9.17, 15) is 9.59 Å². The van der Waals surface area contributed by atoms with E-state index in [2.05, 4.69) is 50.4 Å². The van der Waals surface area contributed by atoms with Gasteiger partial charge in [-0.15, -0.1) is 0 Å². The maximum Gasteiger partial charge on any atom is 0.242 e. The first-order valence-corrected chi connectivity index (χ1v) is 12.9. The third-order valence-corrected chi connectivity index (χ3v) is 7.04. The highest BCUT2D eigenvalue weighted by Crippen LogP contribution is 2.25. The molecule has 1 N–H and O–H groups in total. The summed E-state index contributed by atoms with van der Waals surface area (Å²) in [5, 5.41) is 3.61. The summed E-state index contributed by atoms with van der Waals surface area (Å²) in [6.07, 6.45) is 1.29. The van der Waals surface area contributed by atoms with Crippen molar-refractivity contribution in [2.24, 2.45) is 0 Å². The van der Waals surface area contributed by atoms with Gasteiger partial charge in [0.15, 0.2) is 0 Å². The molecule has 1 atom stereocenters. The van der Waals surface area contributed by atoms with Gasteiger partial charge in [-0.3, -0.25) is 9.59 Å². The Hall–Kier alpha value is -2.82. The number of rotatable bonds is 9. The number of aryl methyl sites for hydroxylation is 1. The third kappa shape index (κ3) is 7.59. The van der Waals surface area contributed by atoms with Crippen molar-refractivity contribution in [1.82, 2.24) is 10.2 Å². The van der Waals surface area contributed by atoms with Gasteiger partial charge >= 0.3 is 0 Å². The van der Waals surface area contributed by atoms with Crippen molar-refractivity contribution < 1.29 is 9.59 Å². The van der Waals surface area contributed by atoms with E-state index in [1.807, 2.05) is 36.4 Å². The molecule has 0 fully saturated rings. The molecule has 0 bridgehead atoms. The van der Waals surface area contributed by atoms with E-state index in [4.69, 9.17) is 23.2 Å². The molecule has 0 aliphatic heterocycles. The Balaban J connectivity index is 1.86. The molecule has 190 valence electrons. The van der Waals surface area contributed by atoms with Crippen molar-refractivity contribution in [3.63, 3.8) is 0 Å². The number of halogens is 2. The van der Waals surface area contributed by atoms with Crippen molar-refractivity contribution in [3.05, 3.63) is 105 Å². The molecule has 3 rings (SSSR count). The van der Waals surface area contributed by atoms with E-state index in [1.54, 1.807) is 24.1 Å². The van der Waals surface area contributed by atoms with Gasteiger partial charge in [0.05, 0.1) is 10.0 Å². The van der Waals surface area contributed by atoms with E-state index in [-0.39, 0.29) is 23.8 Å². The number of nitrogens with zero attached hydrogens (tertiary/aromatic N) is 1. The summed E-state index contributed by atoms with van der Waals surface area (Å²) in [5.74, 6) is -0.299. The van der Waals surface area contributed by atoms with Crippen LogP contribution in [0.2, 0.25) is 10.0 Å². The molecular formula is C30H34Cl2N2O2. The number of benzene rings is 3. The second-order valence-corrected chi connectivity index (χ2v) is 10.9. The predicted octanol–water partition coefficient (Wildman–Crippen LogP) is 6.61. The van der Waals surface area contributed by atoms with Crippen LogP contribution in [0.5, 0.6) is 0 Å². The molecule has 6 heteroatoms. The van der Waals surface area contributed by atoms with Crippen molar-refractivity contribution in [3.8, 4) is 0 Å². The fourth-order valence-corrected chi connectivity index (χ4v) is 4.44. The highest BCUT2D eigenvalue weighted by atomic mass is 35.5. The number of amides is 2. The van der Waals surface area contributed by atoms with Gasteiger partial charge in [0.2, 0.25) is 11.8 Å². The van der Waals surface area contributed by atoms with Crippen LogP contribution in [0.3, 0.4) is 0 Å². The topological polar surface area (TPSA) is 49.4 Å². The number of carbonyl (C=O) groups excluding carboxylic acids is 2.